The lowest BCUT2D eigenvalue weighted by molar-refractivity contribution is -0.134. The monoisotopic (exact) mass is 378 g/mol. The molecule has 2 fully saturated rings. The van der Waals surface area contributed by atoms with E-state index in [1.54, 1.807) is 6.07 Å². The van der Waals surface area contributed by atoms with Gasteiger partial charge in [-0.1, -0.05) is 12.1 Å². The van der Waals surface area contributed by atoms with Crippen LogP contribution in [-0.4, -0.2) is 54.5 Å². The van der Waals surface area contributed by atoms with Crippen LogP contribution in [0.1, 0.15) is 30.6 Å². The van der Waals surface area contributed by atoms with Gasteiger partial charge in [0.05, 0.1) is 18.2 Å². The summed E-state index contributed by atoms with van der Waals surface area (Å²) < 4.78 is 6.03. The summed E-state index contributed by atoms with van der Waals surface area (Å²) in [4.78, 5) is 17.3. The van der Waals surface area contributed by atoms with Crippen LogP contribution in [0.4, 0.5) is 0 Å². The molecule has 4 rings (SSSR count). The molecular weight excluding hydrogens is 352 g/mol. The summed E-state index contributed by atoms with van der Waals surface area (Å²) in [5, 5.41) is 12.4. The summed E-state index contributed by atoms with van der Waals surface area (Å²) in [6.07, 6.45) is 2.67. The van der Waals surface area contributed by atoms with Crippen molar-refractivity contribution in [3.63, 3.8) is 0 Å². The first-order valence-electron chi connectivity index (χ1n) is 9.92. The fourth-order valence-electron chi connectivity index (χ4n) is 4.38. The van der Waals surface area contributed by atoms with Gasteiger partial charge in [0.15, 0.2) is 0 Å². The lowest BCUT2D eigenvalue weighted by Crippen LogP contribution is -2.60. The Kier molecular flexibility index (Phi) is 5.21. The highest BCUT2D eigenvalue weighted by atomic mass is 16.3. The SMILES string of the molecule is CN1CCCNC(=O)C12CCN(Cc1ccc(-c3ccccc3C#N)o1)CC2. The van der Waals surface area contributed by atoms with Crippen LogP contribution in [0, 0.1) is 11.3 Å². The number of hydrogen-bond acceptors (Lipinski definition) is 5. The van der Waals surface area contributed by atoms with Gasteiger partial charge in [-0.05, 0) is 50.6 Å². The second kappa shape index (κ2) is 7.78. The summed E-state index contributed by atoms with van der Waals surface area (Å²) >= 11 is 0. The van der Waals surface area contributed by atoms with Crippen LogP contribution in [0.15, 0.2) is 40.8 Å². The van der Waals surface area contributed by atoms with Gasteiger partial charge in [-0.3, -0.25) is 14.6 Å². The van der Waals surface area contributed by atoms with Gasteiger partial charge in [-0.2, -0.15) is 5.26 Å². The van der Waals surface area contributed by atoms with E-state index < -0.39 is 0 Å². The molecule has 28 heavy (non-hydrogen) atoms. The van der Waals surface area contributed by atoms with Crippen molar-refractivity contribution in [2.45, 2.75) is 31.3 Å². The number of furan rings is 1. The summed E-state index contributed by atoms with van der Waals surface area (Å²) in [5.74, 6) is 1.79. The number of likely N-dealkylation sites (N-methyl/N-ethyl adjacent to an activating group) is 1. The van der Waals surface area contributed by atoms with Crippen molar-refractivity contribution in [3.8, 4) is 17.4 Å². The van der Waals surface area contributed by atoms with Crippen LogP contribution in [-0.2, 0) is 11.3 Å². The van der Waals surface area contributed by atoms with Gasteiger partial charge in [0.1, 0.15) is 17.1 Å². The average molecular weight is 378 g/mol. The summed E-state index contributed by atoms with van der Waals surface area (Å²) in [7, 11) is 2.08. The van der Waals surface area contributed by atoms with Crippen molar-refractivity contribution in [1.29, 1.82) is 5.26 Å². The molecule has 2 aliphatic rings. The third kappa shape index (κ3) is 3.44. The molecule has 1 spiro atoms. The predicted octanol–water partition coefficient (Wildman–Crippen LogP) is 2.60. The second-order valence-corrected chi connectivity index (χ2v) is 7.76. The Labute approximate surface area is 165 Å². The third-order valence-electron chi connectivity index (χ3n) is 6.15. The van der Waals surface area contributed by atoms with E-state index in [1.165, 1.54) is 0 Å². The zero-order valence-corrected chi connectivity index (χ0v) is 16.3. The molecule has 0 radical (unpaired) electrons. The molecule has 0 bridgehead atoms. The number of likely N-dealkylation sites (tertiary alicyclic amines) is 1. The fraction of sp³-hybridized carbons (Fsp3) is 0.455. The summed E-state index contributed by atoms with van der Waals surface area (Å²) in [5.41, 5.74) is 1.07. The molecule has 2 saturated heterocycles. The van der Waals surface area contributed by atoms with Gasteiger partial charge in [-0.15, -0.1) is 0 Å². The largest absolute Gasteiger partial charge is 0.460 e. The van der Waals surface area contributed by atoms with Crippen LogP contribution in [0.5, 0.6) is 0 Å². The zero-order valence-electron chi connectivity index (χ0n) is 16.3. The van der Waals surface area contributed by atoms with Gasteiger partial charge in [0.2, 0.25) is 5.91 Å². The second-order valence-electron chi connectivity index (χ2n) is 7.76. The molecule has 0 aliphatic carbocycles. The van der Waals surface area contributed by atoms with E-state index in [9.17, 15) is 10.1 Å². The lowest BCUT2D eigenvalue weighted by atomic mass is 9.85. The number of nitrogens with zero attached hydrogens (tertiary/aromatic N) is 3. The molecule has 2 aromatic rings. The number of hydrogen-bond donors (Lipinski definition) is 1. The molecule has 1 aromatic heterocycles. The number of carbonyl (C=O) groups is 1. The molecule has 146 valence electrons. The highest BCUT2D eigenvalue weighted by Crippen LogP contribution is 2.31. The first-order valence-corrected chi connectivity index (χ1v) is 9.92. The maximum atomic E-state index is 12.7. The minimum Gasteiger partial charge on any atom is -0.460 e. The van der Waals surface area contributed by atoms with Gasteiger partial charge in [0.25, 0.3) is 0 Å². The van der Waals surface area contributed by atoms with E-state index in [0.717, 1.165) is 69.1 Å². The smallest absolute Gasteiger partial charge is 0.240 e. The number of amides is 1. The zero-order chi connectivity index (χ0) is 19.6. The highest BCUT2D eigenvalue weighted by Gasteiger charge is 2.45. The minimum absolute atomic E-state index is 0.181. The first kappa shape index (κ1) is 18.7. The van der Waals surface area contributed by atoms with E-state index in [2.05, 4.69) is 28.2 Å². The van der Waals surface area contributed by atoms with Crippen LogP contribution >= 0.6 is 0 Å². The van der Waals surface area contributed by atoms with Gasteiger partial charge in [-0.25, -0.2) is 0 Å². The summed E-state index contributed by atoms with van der Waals surface area (Å²) in [6.45, 7) is 4.17. The van der Waals surface area contributed by atoms with Crippen LogP contribution < -0.4 is 5.32 Å². The molecule has 3 heterocycles. The van der Waals surface area contributed by atoms with E-state index in [0.29, 0.717) is 5.56 Å². The topological polar surface area (TPSA) is 72.5 Å². The quantitative estimate of drug-likeness (QED) is 0.889. The van der Waals surface area contributed by atoms with Crippen molar-refractivity contribution in [3.05, 3.63) is 47.7 Å². The lowest BCUT2D eigenvalue weighted by Gasteiger charge is -2.44. The van der Waals surface area contributed by atoms with Gasteiger partial charge >= 0.3 is 0 Å². The van der Waals surface area contributed by atoms with E-state index in [1.807, 2.05) is 30.3 Å². The maximum absolute atomic E-state index is 12.7. The molecule has 6 heteroatoms. The predicted molar refractivity (Wildman–Crippen MR) is 106 cm³/mol. The van der Waals surface area contributed by atoms with Gasteiger partial charge in [0, 0.05) is 31.7 Å². The van der Waals surface area contributed by atoms with Crippen LogP contribution in [0.25, 0.3) is 11.3 Å². The van der Waals surface area contributed by atoms with Crippen molar-refractivity contribution in [2.24, 2.45) is 0 Å². The molecule has 0 unspecified atom stereocenters. The molecule has 2 aliphatic heterocycles. The Morgan fingerprint density at radius 3 is 2.75 bits per heavy atom. The first-order chi connectivity index (χ1) is 13.6. The molecule has 0 saturated carbocycles. The molecule has 1 amide bonds. The Balaban J connectivity index is 1.43. The number of rotatable bonds is 3. The molecule has 0 atom stereocenters. The number of benzene rings is 1. The standard InChI is InChI=1S/C22H26N4O2/c1-25-12-4-11-24-21(27)22(25)9-13-26(14-10-22)16-18-7-8-20(28-18)19-6-3-2-5-17(19)15-23/h2-3,5-8H,4,9-14,16H2,1H3,(H,24,27). The Morgan fingerprint density at radius 1 is 1.18 bits per heavy atom. The van der Waals surface area contributed by atoms with Crippen molar-refractivity contribution in [2.75, 3.05) is 33.2 Å². The Bertz CT molecular complexity index is 890. The van der Waals surface area contributed by atoms with Crippen molar-refractivity contribution < 1.29 is 9.21 Å². The Hall–Kier alpha value is -2.62. The van der Waals surface area contributed by atoms with Crippen LogP contribution in [0.3, 0.4) is 0 Å². The summed E-state index contributed by atoms with van der Waals surface area (Å²) in [6, 6.07) is 13.6. The number of carbonyl (C=O) groups excluding carboxylic acids is 1. The van der Waals surface area contributed by atoms with E-state index >= 15 is 0 Å². The number of nitrogens with one attached hydrogen (secondary N) is 1. The Morgan fingerprint density at radius 2 is 1.96 bits per heavy atom. The molecule has 1 aromatic carbocycles. The normalized spacial score (nSPS) is 20.5. The fourth-order valence-corrected chi connectivity index (χ4v) is 4.38. The minimum atomic E-state index is -0.368. The molecule has 1 N–H and O–H groups in total. The van der Waals surface area contributed by atoms with E-state index in [4.69, 9.17) is 4.42 Å². The number of nitriles is 1. The maximum Gasteiger partial charge on any atom is 0.240 e. The third-order valence-corrected chi connectivity index (χ3v) is 6.15. The van der Waals surface area contributed by atoms with Crippen LogP contribution in [0.2, 0.25) is 0 Å². The molecule has 6 nitrogen and oxygen atoms in total. The average Bonchev–Trinajstić information content (AvgIpc) is 3.14. The van der Waals surface area contributed by atoms with Crippen molar-refractivity contribution in [1.82, 2.24) is 15.1 Å². The van der Waals surface area contributed by atoms with E-state index in [-0.39, 0.29) is 11.4 Å². The highest BCUT2D eigenvalue weighted by molar-refractivity contribution is 5.86. The number of piperidine rings is 1. The van der Waals surface area contributed by atoms with Crippen molar-refractivity contribution >= 4 is 5.91 Å². The van der Waals surface area contributed by atoms with Gasteiger partial charge < -0.3 is 9.73 Å². The molecular formula is C22H26N4O2.